The van der Waals surface area contributed by atoms with Gasteiger partial charge in [0.25, 0.3) is 0 Å². The maximum Gasteiger partial charge on any atom is 0.242 e. The zero-order valence-electron chi connectivity index (χ0n) is 13.8. The van der Waals surface area contributed by atoms with Crippen LogP contribution in [0.25, 0.3) is 22.4 Å². The second-order valence-corrected chi connectivity index (χ2v) is 8.06. The van der Waals surface area contributed by atoms with Crippen molar-refractivity contribution in [3.05, 3.63) is 36.4 Å². The lowest BCUT2D eigenvalue weighted by Crippen LogP contribution is -2.22. The fourth-order valence-corrected chi connectivity index (χ4v) is 3.58. The lowest BCUT2D eigenvalue weighted by molar-refractivity contribution is 0.172. The van der Waals surface area contributed by atoms with Crippen LogP contribution in [0.15, 0.2) is 41.3 Å². The average molecular weight is 359 g/mol. The van der Waals surface area contributed by atoms with Gasteiger partial charge in [-0.2, -0.15) is 0 Å². The van der Waals surface area contributed by atoms with Crippen LogP contribution < -0.4 is 9.47 Å². The Bertz CT molecular complexity index is 997. The molecule has 0 amide bonds. The Morgan fingerprint density at radius 1 is 1.04 bits per heavy atom. The summed E-state index contributed by atoms with van der Waals surface area (Å²) in [4.78, 5) is 8.05. The molecular weight excluding hydrogens is 342 g/mol. The van der Waals surface area contributed by atoms with Gasteiger partial charge in [0.1, 0.15) is 19.0 Å². The van der Waals surface area contributed by atoms with Gasteiger partial charge in [-0.05, 0) is 24.3 Å². The highest BCUT2D eigenvalue weighted by Gasteiger charge is 2.18. The summed E-state index contributed by atoms with van der Waals surface area (Å²) >= 11 is 0. The van der Waals surface area contributed by atoms with Gasteiger partial charge in [0.15, 0.2) is 11.5 Å². The minimum Gasteiger partial charge on any atom is -0.486 e. The lowest BCUT2D eigenvalue weighted by atomic mass is 10.2. The van der Waals surface area contributed by atoms with Crippen LogP contribution in [0.5, 0.6) is 11.5 Å². The van der Waals surface area contributed by atoms with Gasteiger partial charge >= 0.3 is 0 Å². The lowest BCUT2D eigenvalue weighted by Gasteiger charge is -2.17. The maximum absolute atomic E-state index is 12.1. The first-order valence-corrected chi connectivity index (χ1v) is 9.21. The topological polar surface area (TPSA) is 84.5 Å². The molecule has 1 aromatic heterocycles. The van der Waals surface area contributed by atoms with Crippen LogP contribution in [-0.4, -0.2) is 50.0 Å². The number of H-pyrrole nitrogens is 1. The smallest absolute Gasteiger partial charge is 0.242 e. The molecule has 0 saturated carbocycles. The zero-order valence-corrected chi connectivity index (χ0v) is 14.6. The third-order valence-corrected chi connectivity index (χ3v) is 5.88. The molecule has 2 aromatic carbocycles. The monoisotopic (exact) mass is 359 g/mol. The van der Waals surface area contributed by atoms with Gasteiger partial charge in [-0.15, -0.1) is 0 Å². The summed E-state index contributed by atoms with van der Waals surface area (Å²) in [6.45, 7) is 1.05. The van der Waals surface area contributed by atoms with Crippen LogP contribution >= 0.6 is 0 Å². The van der Waals surface area contributed by atoms with Crippen molar-refractivity contribution in [1.82, 2.24) is 14.3 Å². The Hall–Kier alpha value is -2.58. The summed E-state index contributed by atoms with van der Waals surface area (Å²) in [6.07, 6.45) is 0. The Morgan fingerprint density at radius 3 is 2.32 bits per heavy atom. The number of hydrogen-bond acceptors (Lipinski definition) is 5. The van der Waals surface area contributed by atoms with E-state index >= 15 is 0 Å². The minimum atomic E-state index is -3.44. The van der Waals surface area contributed by atoms with Crippen molar-refractivity contribution in [1.29, 1.82) is 0 Å². The molecule has 1 N–H and O–H groups in total. The van der Waals surface area contributed by atoms with E-state index in [1.807, 2.05) is 12.1 Å². The van der Waals surface area contributed by atoms with Crippen molar-refractivity contribution < 1.29 is 17.9 Å². The number of sulfonamides is 1. The molecule has 0 fully saturated rings. The van der Waals surface area contributed by atoms with Gasteiger partial charge in [0.05, 0.1) is 15.9 Å². The quantitative estimate of drug-likeness (QED) is 0.775. The van der Waals surface area contributed by atoms with E-state index in [0.29, 0.717) is 30.5 Å². The first kappa shape index (κ1) is 15.9. The van der Waals surface area contributed by atoms with Crippen molar-refractivity contribution >= 4 is 21.1 Å². The Labute approximate surface area is 145 Å². The maximum atomic E-state index is 12.1. The number of nitrogens with one attached hydrogen (secondary N) is 1. The van der Waals surface area contributed by atoms with E-state index in [0.717, 1.165) is 16.6 Å². The van der Waals surface area contributed by atoms with Crippen LogP contribution in [0.1, 0.15) is 0 Å². The molecule has 1 aliphatic heterocycles. The molecule has 0 unspecified atom stereocenters. The molecule has 25 heavy (non-hydrogen) atoms. The Balaban J connectivity index is 1.72. The molecule has 0 aliphatic carbocycles. The average Bonchev–Trinajstić information content (AvgIpc) is 3.02. The summed E-state index contributed by atoms with van der Waals surface area (Å²) in [5.41, 5.74) is 2.40. The molecule has 0 atom stereocenters. The summed E-state index contributed by atoms with van der Waals surface area (Å²) in [7, 11) is -0.425. The highest BCUT2D eigenvalue weighted by Crippen LogP contribution is 2.34. The predicted molar refractivity (Wildman–Crippen MR) is 93.4 cm³/mol. The van der Waals surface area contributed by atoms with Crippen molar-refractivity contribution in [3.63, 3.8) is 0 Å². The summed E-state index contributed by atoms with van der Waals surface area (Å²) < 4.78 is 36.6. The first-order valence-electron chi connectivity index (χ1n) is 7.77. The number of rotatable bonds is 3. The van der Waals surface area contributed by atoms with Gasteiger partial charge in [-0.3, -0.25) is 0 Å². The zero-order chi connectivity index (χ0) is 17.6. The van der Waals surface area contributed by atoms with Crippen LogP contribution in [0.2, 0.25) is 0 Å². The van der Waals surface area contributed by atoms with E-state index in [1.165, 1.54) is 18.4 Å². The molecule has 0 bridgehead atoms. The van der Waals surface area contributed by atoms with Crippen molar-refractivity contribution in [2.45, 2.75) is 4.90 Å². The van der Waals surface area contributed by atoms with E-state index in [4.69, 9.17) is 9.47 Å². The molecule has 7 nitrogen and oxygen atoms in total. The van der Waals surface area contributed by atoms with Gasteiger partial charge in [-0.25, -0.2) is 17.7 Å². The molecule has 4 rings (SSSR count). The highest BCUT2D eigenvalue weighted by molar-refractivity contribution is 7.89. The Kier molecular flexibility index (Phi) is 3.66. The van der Waals surface area contributed by atoms with E-state index < -0.39 is 10.0 Å². The van der Waals surface area contributed by atoms with Crippen molar-refractivity contribution in [2.24, 2.45) is 0 Å². The highest BCUT2D eigenvalue weighted by atomic mass is 32.2. The molecule has 130 valence electrons. The molecular formula is C17H17N3O4S. The number of hydrogen-bond donors (Lipinski definition) is 1. The van der Waals surface area contributed by atoms with E-state index in [9.17, 15) is 8.42 Å². The van der Waals surface area contributed by atoms with E-state index in [2.05, 4.69) is 9.97 Å². The fourth-order valence-electron chi connectivity index (χ4n) is 2.68. The largest absolute Gasteiger partial charge is 0.486 e. The number of benzene rings is 2. The molecule has 0 saturated heterocycles. The summed E-state index contributed by atoms with van der Waals surface area (Å²) in [5.74, 6) is 2.04. The SMILES string of the molecule is CN(C)S(=O)(=O)c1ccc(-c2nc3cc4c(cc3[nH]2)OCCO4)cc1. The second-order valence-electron chi connectivity index (χ2n) is 5.91. The molecule has 0 spiro atoms. The third-order valence-electron chi connectivity index (χ3n) is 4.05. The molecule has 3 aromatic rings. The number of nitrogens with zero attached hydrogens (tertiary/aromatic N) is 2. The van der Waals surface area contributed by atoms with E-state index in [1.54, 1.807) is 24.3 Å². The van der Waals surface area contributed by atoms with Crippen LogP contribution in [0.4, 0.5) is 0 Å². The fraction of sp³-hybridized carbons (Fsp3) is 0.235. The van der Waals surface area contributed by atoms with Crippen molar-refractivity contribution in [3.8, 4) is 22.9 Å². The summed E-state index contributed by atoms with van der Waals surface area (Å²) in [5, 5.41) is 0. The van der Waals surface area contributed by atoms with Gasteiger partial charge in [-0.1, -0.05) is 0 Å². The van der Waals surface area contributed by atoms with Gasteiger partial charge < -0.3 is 14.5 Å². The molecule has 0 radical (unpaired) electrons. The molecule has 2 heterocycles. The minimum absolute atomic E-state index is 0.245. The van der Waals surface area contributed by atoms with Crippen LogP contribution in [-0.2, 0) is 10.0 Å². The standard InChI is InChI=1S/C17H17N3O4S/c1-20(2)25(21,22)12-5-3-11(4-6-12)17-18-13-9-15-16(10-14(13)19-17)24-8-7-23-15/h3-6,9-10H,7-8H2,1-2H3,(H,18,19). The number of fused-ring (bicyclic) bond motifs is 2. The third kappa shape index (κ3) is 2.73. The second kappa shape index (κ2) is 5.75. The number of imidazole rings is 1. The predicted octanol–water partition coefficient (Wildman–Crippen LogP) is 2.25. The number of aromatic nitrogens is 2. The molecule has 8 heteroatoms. The van der Waals surface area contributed by atoms with Gasteiger partial charge in [0.2, 0.25) is 10.0 Å². The Morgan fingerprint density at radius 2 is 1.68 bits per heavy atom. The van der Waals surface area contributed by atoms with Crippen LogP contribution in [0.3, 0.4) is 0 Å². The van der Waals surface area contributed by atoms with Crippen LogP contribution in [0, 0.1) is 0 Å². The normalized spacial score (nSPS) is 14.2. The number of aromatic amines is 1. The van der Waals surface area contributed by atoms with Crippen molar-refractivity contribution in [2.75, 3.05) is 27.3 Å². The first-order chi connectivity index (χ1) is 11.9. The van der Waals surface area contributed by atoms with E-state index in [-0.39, 0.29) is 4.90 Å². The van der Waals surface area contributed by atoms with Gasteiger partial charge in [0, 0.05) is 31.8 Å². The summed E-state index contributed by atoms with van der Waals surface area (Å²) in [6, 6.07) is 10.3. The number of ether oxygens (including phenoxy) is 2. The molecule has 1 aliphatic rings.